The molecule has 6 heteroatoms. The van der Waals surface area contributed by atoms with E-state index >= 15 is 0 Å². The van der Waals surface area contributed by atoms with Gasteiger partial charge in [0.15, 0.2) is 0 Å². The Morgan fingerprint density at radius 1 is 1.35 bits per heavy atom. The monoisotopic (exact) mass is 300 g/mol. The van der Waals surface area contributed by atoms with Crippen LogP contribution in [0.1, 0.15) is 12.8 Å². The van der Waals surface area contributed by atoms with Crippen molar-refractivity contribution in [3.8, 4) is 11.5 Å². The number of rotatable bonds is 6. The highest BCUT2D eigenvalue weighted by Gasteiger charge is 2.21. The largest absolute Gasteiger partial charge is 0.497 e. The molecule has 5 nitrogen and oxygen atoms in total. The molecule has 1 aliphatic heterocycles. The molecular formula is C14H21ClN2O3. The number of halogens is 1. The first-order valence-electron chi connectivity index (χ1n) is 6.57. The molecule has 2 N–H and O–H groups in total. The van der Waals surface area contributed by atoms with Crippen LogP contribution < -0.4 is 20.1 Å². The van der Waals surface area contributed by atoms with Crippen LogP contribution in [0.4, 0.5) is 0 Å². The van der Waals surface area contributed by atoms with Gasteiger partial charge in [0.25, 0.3) is 0 Å². The van der Waals surface area contributed by atoms with Gasteiger partial charge in [0, 0.05) is 0 Å². The minimum atomic E-state index is -0.0269. The maximum Gasteiger partial charge on any atom is 0.237 e. The third-order valence-electron chi connectivity index (χ3n) is 3.11. The molecule has 0 spiro atoms. The molecule has 0 saturated carbocycles. The molecule has 1 unspecified atom stereocenters. The normalized spacial score (nSPS) is 17.1. The van der Waals surface area contributed by atoms with E-state index in [9.17, 15) is 4.79 Å². The molecule has 1 atom stereocenters. The number of ether oxygens (including phenoxy) is 2. The molecule has 1 fully saturated rings. The molecule has 1 aromatic rings. The molecule has 2 rings (SSSR count). The minimum Gasteiger partial charge on any atom is -0.497 e. The zero-order chi connectivity index (χ0) is 13.5. The lowest BCUT2D eigenvalue weighted by Gasteiger charge is -2.11. The summed E-state index contributed by atoms with van der Waals surface area (Å²) < 4.78 is 10.6. The summed E-state index contributed by atoms with van der Waals surface area (Å²) in [6, 6.07) is 7.35. The third kappa shape index (κ3) is 4.90. The van der Waals surface area contributed by atoms with Gasteiger partial charge in [-0.1, -0.05) is 0 Å². The minimum absolute atomic E-state index is 0. The molecule has 1 aromatic carbocycles. The second kappa shape index (κ2) is 8.66. The lowest BCUT2D eigenvalue weighted by Crippen LogP contribution is -2.41. The first-order valence-corrected chi connectivity index (χ1v) is 6.57. The van der Waals surface area contributed by atoms with Crippen molar-refractivity contribution in [1.82, 2.24) is 10.6 Å². The highest BCUT2D eigenvalue weighted by Crippen LogP contribution is 2.16. The van der Waals surface area contributed by atoms with Crippen LogP contribution in [0.3, 0.4) is 0 Å². The fourth-order valence-corrected chi connectivity index (χ4v) is 2.05. The van der Waals surface area contributed by atoms with E-state index in [0.29, 0.717) is 13.2 Å². The zero-order valence-electron chi connectivity index (χ0n) is 11.6. The Bertz CT molecular complexity index is 405. The van der Waals surface area contributed by atoms with Crippen LogP contribution in [0.15, 0.2) is 24.3 Å². The van der Waals surface area contributed by atoms with Gasteiger partial charge in [0.05, 0.1) is 19.7 Å². The van der Waals surface area contributed by atoms with Crippen LogP contribution in [-0.4, -0.2) is 38.8 Å². The number of methoxy groups -OCH3 is 1. The number of amides is 1. The summed E-state index contributed by atoms with van der Waals surface area (Å²) in [4.78, 5) is 11.7. The fourth-order valence-electron chi connectivity index (χ4n) is 2.05. The summed E-state index contributed by atoms with van der Waals surface area (Å²) >= 11 is 0. The first-order chi connectivity index (χ1) is 9.29. The second-order valence-electron chi connectivity index (χ2n) is 4.46. The van der Waals surface area contributed by atoms with E-state index < -0.39 is 0 Å². The van der Waals surface area contributed by atoms with Crippen LogP contribution >= 0.6 is 12.4 Å². The number of hydrogen-bond acceptors (Lipinski definition) is 4. The average molecular weight is 301 g/mol. The smallest absolute Gasteiger partial charge is 0.237 e. The SMILES string of the molecule is COc1ccc(OCCNC(=O)C2CCCN2)cc1.Cl. The van der Waals surface area contributed by atoms with Crippen LogP contribution in [0, 0.1) is 0 Å². The van der Waals surface area contributed by atoms with E-state index in [1.165, 1.54) is 0 Å². The quantitative estimate of drug-likeness (QED) is 0.779. The lowest BCUT2D eigenvalue weighted by atomic mass is 10.2. The van der Waals surface area contributed by atoms with Crippen molar-refractivity contribution in [3.05, 3.63) is 24.3 Å². The second-order valence-corrected chi connectivity index (χ2v) is 4.46. The maximum absolute atomic E-state index is 11.7. The van der Waals surface area contributed by atoms with Crippen molar-refractivity contribution in [2.75, 3.05) is 26.8 Å². The van der Waals surface area contributed by atoms with Crippen molar-refractivity contribution in [1.29, 1.82) is 0 Å². The van der Waals surface area contributed by atoms with E-state index in [1.807, 2.05) is 24.3 Å². The Kier molecular flexibility index (Phi) is 7.18. The summed E-state index contributed by atoms with van der Waals surface area (Å²) in [7, 11) is 1.63. The predicted octanol–water partition coefficient (Wildman–Crippen LogP) is 1.36. The Labute approximate surface area is 125 Å². The molecule has 1 heterocycles. The molecule has 1 amide bonds. The molecule has 0 aromatic heterocycles. The standard InChI is InChI=1S/C14H20N2O3.ClH/c1-18-11-4-6-12(7-5-11)19-10-9-16-14(17)13-3-2-8-15-13;/h4-7,13,15H,2-3,8-10H2,1H3,(H,16,17);1H. The van der Waals surface area contributed by atoms with Gasteiger partial charge in [-0.3, -0.25) is 4.79 Å². The third-order valence-corrected chi connectivity index (χ3v) is 3.11. The summed E-state index contributed by atoms with van der Waals surface area (Å²) in [6.07, 6.45) is 1.99. The Hall–Kier alpha value is -1.46. The fraction of sp³-hybridized carbons (Fsp3) is 0.500. The molecule has 20 heavy (non-hydrogen) atoms. The number of carbonyl (C=O) groups is 1. The lowest BCUT2D eigenvalue weighted by molar-refractivity contribution is -0.122. The van der Waals surface area contributed by atoms with Crippen LogP contribution in [0.25, 0.3) is 0 Å². The van der Waals surface area contributed by atoms with Gasteiger partial charge in [-0.05, 0) is 43.7 Å². The Balaban J connectivity index is 0.00000200. The van der Waals surface area contributed by atoms with Gasteiger partial charge in [0.2, 0.25) is 5.91 Å². The van der Waals surface area contributed by atoms with Crippen molar-refractivity contribution in [2.45, 2.75) is 18.9 Å². The van der Waals surface area contributed by atoms with Gasteiger partial charge in [-0.2, -0.15) is 0 Å². The molecule has 0 aliphatic carbocycles. The maximum atomic E-state index is 11.7. The van der Waals surface area contributed by atoms with Gasteiger partial charge in [0.1, 0.15) is 18.1 Å². The summed E-state index contributed by atoms with van der Waals surface area (Å²) in [5, 5.41) is 6.03. The van der Waals surface area contributed by atoms with E-state index in [0.717, 1.165) is 30.9 Å². The summed E-state index contributed by atoms with van der Waals surface area (Å²) in [5.74, 6) is 1.64. The van der Waals surface area contributed by atoms with Gasteiger partial charge in [-0.25, -0.2) is 0 Å². The molecule has 1 aliphatic rings. The van der Waals surface area contributed by atoms with Crippen molar-refractivity contribution in [2.24, 2.45) is 0 Å². The first kappa shape index (κ1) is 16.6. The highest BCUT2D eigenvalue weighted by molar-refractivity contribution is 5.85. The molecule has 0 radical (unpaired) electrons. The van der Waals surface area contributed by atoms with Crippen molar-refractivity contribution < 1.29 is 14.3 Å². The van der Waals surface area contributed by atoms with Crippen LogP contribution in [0.2, 0.25) is 0 Å². The topological polar surface area (TPSA) is 59.6 Å². The molecule has 1 saturated heterocycles. The van der Waals surface area contributed by atoms with Gasteiger partial charge < -0.3 is 20.1 Å². The number of carbonyl (C=O) groups excluding carboxylic acids is 1. The van der Waals surface area contributed by atoms with Gasteiger partial charge >= 0.3 is 0 Å². The summed E-state index contributed by atoms with van der Waals surface area (Å²) in [5.41, 5.74) is 0. The highest BCUT2D eigenvalue weighted by atomic mass is 35.5. The van der Waals surface area contributed by atoms with E-state index in [4.69, 9.17) is 9.47 Å². The van der Waals surface area contributed by atoms with Gasteiger partial charge in [-0.15, -0.1) is 12.4 Å². The zero-order valence-corrected chi connectivity index (χ0v) is 12.4. The Morgan fingerprint density at radius 2 is 2.05 bits per heavy atom. The Morgan fingerprint density at radius 3 is 2.65 bits per heavy atom. The average Bonchev–Trinajstić information content (AvgIpc) is 2.98. The number of benzene rings is 1. The van der Waals surface area contributed by atoms with E-state index in [2.05, 4.69) is 10.6 Å². The van der Waals surface area contributed by atoms with Crippen LogP contribution in [-0.2, 0) is 4.79 Å². The summed E-state index contributed by atoms with van der Waals surface area (Å²) in [6.45, 7) is 1.91. The number of hydrogen-bond donors (Lipinski definition) is 2. The molecule has 0 bridgehead atoms. The van der Waals surface area contributed by atoms with E-state index in [-0.39, 0.29) is 24.4 Å². The van der Waals surface area contributed by atoms with Crippen molar-refractivity contribution >= 4 is 18.3 Å². The van der Waals surface area contributed by atoms with Crippen LogP contribution in [0.5, 0.6) is 11.5 Å². The number of nitrogens with one attached hydrogen (secondary N) is 2. The predicted molar refractivity (Wildman–Crippen MR) is 79.8 cm³/mol. The van der Waals surface area contributed by atoms with Crippen molar-refractivity contribution in [3.63, 3.8) is 0 Å². The molecule has 112 valence electrons. The molecular weight excluding hydrogens is 280 g/mol. The van der Waals surface area contributed by atoms with E-state index in [1.54, 1.807) is 7.11 Å².